The zero-order valence-electron chi connectivity index (χ0n) is 15.9. The molecule has 0 aromatic rings. The third-order valence-electron chi connectivity index (χ3n) is 8.19. The van der Waals surface area contributed by atoms with Crippen molar-refractivity contribution in [2.45, 2.75) is 59.0 Å². The van der Waals surface area contributed by atoms with Gasteiger partial charge in [0, 0.05) is 17.3 Å². The maximum absolute atomic E-state index is 12.3. The Balaban J connectivity index is 1.77. The van der Waals surface area contributed by atoms with E-state index >= 15 is 0 Å². The van der Waals surface area contributed by atoms with Gasteiger partial charge in [0.05, 0.1) is 0 Å². The van der Waals surface area contributed by atoms with E-state index in [2.05, 4.69) is 13.8 Å². The molecule has 7 atom stereocenters. The molecule has 3 fully saturated rings. The van der Waals surface area contributed by atoms with E-state index in [1.54, 1.807) is 19.1 Å². The van der Waals surface area contributed by atoms with E-state index in [9.17, 15) is 14.4 Å². The Morgan fingerprint density at radius 2 is 2.04 bits per heavy atom. The van der Waals surface area contributed by atoms with E-state index < -0.39 is 0 Å². The summed E-state index contributed by atoms with van der Waals surface area (Å²) in [6.07, 6.45) is 9.99. The van der Waals surface area contributed by atoms with Gasteiger partial charge in [-0.15, -0.1) is 0 Å². The van der Waals surface area contributed by atoms with Crippen LogP contribution in [0.1, 0.15) is 52.9 Å². The highest BCUT2D eigenvalue weighted by molar-refractivity contribution is 6.01. The highest BCUT2D eigenvalue weighted by atomic mass is 16.5. The second-order valence-corrected chi connectivity index (χ2v) is 9.24. The normalized spacial score (nSPS) is 46.7. The molecule has 0 radical (unpaired) electrons. The van der Waals surface area contributed by atoms with Gasteiger partial charge in [-0.2, -0.15) is 0 Å². The number of Topliss-reactive ketones (excluding diaryl/α,β-unsaturated/α-hetero) is 1. The molecule has 140 valence electrons. The third-order valence-corrected chi connectivity index (χ3v) is 8.19. The van der Waals surface area contributed by atoms with Crippen LogP contribution in [0.15, 0.2) is 23.8 Å². The molecule has 4 nitrogen and oxygen atoms in total. The first-order valence-electron chi connectivity index (χ1n) is 9.85. The number of hydrogen-bond donors (Lipinski definition) is 0. The summed E-state index contributed by atoms with van der Waals surface area (Å²) < 4.78 is 5.66. The van der Waals surface area contributed by atoms with E-state index in [0.717, 1.165) is 32.1 Å². The van der Waals surface area contributed by atoms with Crippen molar-refractivity contribution in [1.82, 2.24) is 0 Å². The van der Waals surface area contributed by atoms with Crippen molar-refractivity contribution in [2.24, 2.45) is 34.5 Å². The van der Waals surface area contributed by atoms with Crippen molar-refractivity contribution < 1.29 is 19.1 Å². The van der Waals surface area contributed by atoms with Gasteiger partial charge in [-0.3, -0.25) is 14.4 Å². The monoisotopic (exact) mass is 356 g/mol. The van der Waals surface area contributed by atoms with Gasteiger partial charge in [0.1, 0.15) is 11.9 Å². The Hall–Kier alpha value is -1.71. The lowest BCUT2D eigenvalue weighted by Gasteiger charge is -2.59. The Kier molecular flexibility index (Phi) is 4.01. The number of hydrogen-bond acceptors (Lipinski definition) is 4. The van der Waals surface area contributed by atoms with E-state index in [-0.39, 0.29) is 40.3 Å². The number of rotatable bonds is 3. The second-order valence-electron chi connectivity index (χ2n) is 9.24. The van der Waals surface area contributed by atoms with Crippen LogP contribution in [-0.4, -0.2) is 24.1 Å². The smallest absolute Gasteiger partial charge is 0.293 e. The summed E-state index contributed by atoms with van der Waals surface area (Å²) in [7, 11) is 0. The molecule has 0 N–H and O–H groups in total. The summed E-state index contributed by atoms with van der Waals surface area (Å²) in [5, 5.41) is 0. The molecule has 0 bridgehead atoms. The highest BCUT2D eigenvalue weighted by Gasteiger charge is 2.63. The minimum atomic E-state index is -0.236. The van der Waals surface area contributed by atoms with Crippen molar-refractivity contribution in [2.75, 3.05) is 0 Å². The summed E-state index contributed by atoms with van der Waals surface area (Å²) in [6.45, 7) is 6.71. The Morgan fingerprint density at radius 3 is 2.73 bits per heavy atom. The largest absolute Gasteiger partial charge is 0.464 e. The molecule has 4 aliphatic carbocycles. The molecule has 4 heteroatoms. The fourth-order valence-corrected chi connectivity index (χ4v) is 7.16. The number of carbonyl (C=O) groups is 3. The van der Waals surface area contributed by atoms with Gasteiger partial charge in [-0.1, -0.05) is 25.5 Å². The minimum absolute atomic E-state index is 0.0574. The van der Waals surface area contributed by atoms with Crippen LogP contribution < -0.4 is 0 Å². The van der Waals surface area contributed by atoms with Gasteiger partial charge < -0.3 is 4.74 Å². The standard InChI is InChI=1S/C22H28O4/c1-13(24)17-6-7-18-16-5-4-14-10-15(25)8-9-21(14,2)20(16)19(26-12-23)11-22(17,18)3/h8-10,12,16-20H,4-7,11H2,1-3H3/t16-,17+,18-,19?,20+,21-,22+/m0/s1. The maximum Gasteiger partial charge on any atom is 0.293 e. The lowest BCUT2D eigenvalue weighted by atomic mass is 9.46. The van der Waals surface area contributed by atoms with Gasteiger partial charge in [-0.25, -0.2) is 0 Å². The van der Waals surface area contributed by atoms with E-state index in [4.69, 9.17) is 4.74 Å². The molecule has 4 rings (SSSR count). The van der Waals surface area contributed by atoms with Crippen LogP contribution in [0, 0.1) is 34.5 Å². The maximum atomic E-state index is 12.3. The summed E-state index contributed by atoms with van der Waals surface area (Å²) in [4.78, 5) is 35.5. The number of allylic oxidation sites excluding steroid dienone is 4. The summed E-state index contributed by atoms with van der Waals surface area (Å²) in [5.74, 6) is 1.48. The Bertz CT molecular complexity index is 720. The SMILES string of the molecule is CC(=O)[C@H]1CC[C@H]2[C@@H]3CCC4=CC(=O)C=C[C@]4(C)[C@H]3C(OC=O)C[C@]12C. The first kappa shape index (κ1) is 17.7. The molecule has 0 spiro atoms. The van der Waals surface area contributed by atoms with Crippen molar-refractivity contribution in [3.8, 4) is 0 Å². The average molecular weight is 356 g/mol. The summed E-state index contributed by atoms with van der Waals surface area (Å²) in [5.41, 5.74) is 0.850. The van der Waals surface area contributed by atoms with E-state index in [0.29, 0.717) is 18.3 Å². The fraction of sp³-hybridized carbons (Fsp3) is 0.682. The van der Waals surface area contributed by atoms with Crippen molar-refractivity contribution >= 4 is 18.0 Å². The van der Waals surface area contributed by atoms with Crippen LogP contribution in [0.4, 0.5) is 0 Å². The molecule has 0 amide bonds. The molecule has 0 aliphatic heterocycles. The molecule has 0 heterocycles. The average Bonchev–Trinajstić information content (AvgIpc) is 2.92. The predicted molar refractivity (Wildman–Crippen MR) is 97.1 cm³/mol. The fourth-order valence-electron chi connectivity index (χ4n) is 7.16. The van der Waals surface area contributed by atoms with Crippen LogP contribution in [0.2, 0.25) is 0 Å². The summed E-state index contributed by atoms with van der Waals surface area (Å²) in [6, 6.07) is 0. The first-order chi connectivity index (χ1) is 12.3. The predicted octanol–water partition coefficient (Wildman–Crippen LogP) is 3.65. The molecule has 0 aromatic carbocycles. The van der Waals surface area contributed by atoms with Crippen LogP contribution in [0.3, 0.4) is 0 Å². The van der Waals surface area contributed by atoms with Gasteiger partial charge >= 0.3 is 0 Å². The molecular formula is C22H28O4. The lowest BCUT2D eigenvalue weighted by Crippen LogP contribution is -2.56. The third kappa shape index (κ3) is 2.30. The van der Waals surface area contributed by atoms with Crippen molar-refractivity contribution in [3.05, 3.63) is 23.8 Å². The minimum Gasteiger partial charge on any atom is -0.464 e. The molecular weight excluding hydrogens is 328 g/mol. The van der Waals surface area contributed by atoms with Gasteiger partial charge in [-0.05, 0) is 68.4 Å². The van der Waals surface area contributed by atoms with Crippen LogP contribution >= 0.6 is 0 Å². The molecule has 1 unspecified atom stereocenters. The van der Waals surface area contributed by atoms with Gasteiger partial charge in [0.2, 0.25) is 0 Å². The lowest BCUT2D eigenvalue weighted by molar-refractivity contribution is -0.161. The summed E-state index contributed by atoms with van der Waals surface area (Å²) >= 11 is 0. The molecule has 26 heavy (non-hydrogen) atoms. The number of fused-ring (bicyclic) bond motifs is 5. The van der Waals surface area contributed by atoms with Gasteiger partial charge in [0.15, 0.2) is 5.78 Å². The topological polar surface area (TPSA) is 60.4 Å². The van der Waals surface area contributed by atoms with E-state index in [1.165, 1.54) is 5.57 Å². The number of ketones is 2. The first-order valence-corrected chi connectivity index (χ1v) is 9.85. The van der Waals surface area contributed by atoms with Crippen LogP contribution in [0.25, 0.3) is 0 Å². The number of ether oxygens (including phenoxy) is 1. The number of carbonyl (C=O) groups excluding carboxylic acids is 3. The van der Waals surface area contributed by atoms with Crippen LogP contribution in [0.5, 0.6) is 0 Å². The molecule has 0 saturated heterocycles. The Labute approximate surface area is 155 Å². The second kappa shape index (κ2) is 5.90. The molecule has 4 aliphatic rings. The highest BCUT2D eigenvalue weighted by Crippen LogP contribution is 2.66. The van der Waals surface area contributed by atoms with Crippen molar-refractivity contribution in [3.63, 3.8) is 0 Å². The molecule has 3 saturated carbocycles. The van der Waals surface area contributed by atoms with Crippen LogP contribution in [-0.2, 0) is 19.1 Å². The quantitative estimate of drug-likeness (QED) is 0.724. The van der Waals surface area contributed by atoms with E-state index in [1.807, 2.05) is 6.08 Å². The zero-order valence-corrected chi connectivity index (χ0v) is 15.9. The zero-order chi connectivity index (χ0) is 18.7. The van der Waals surface area contributed by atoms with Gasteiger partial charge in [0.25, 0.3) is 6.47 Å². The Morgan fingerprint density at radius 1 is 1.27 bits per heavy atom. The molecule has 0 aromatic heterocycles. The van der Waals surface area contributed by atoms with Crippen molar-refractivity contribution in [1.29, 1.82) is 0 Å².